The topological polar surface area (TPSA) is 48.4 Å². The zero-order valence-corrected chi connectivity index (χ0v) is 11.1. The predicted octanol–water partition coefficient (Wildman–Crippen LogP) is 2.64. The number of aryl methyl sites for hydroxylation is 1. The third-order valence-corrected chi connectivity index (χ3v) is 2.79. The van der Waals surface area contributed by atoms with Gasteiger partial charge in [-0.2, -0.15) is 0 Å². The number of carbonyl (C=O) groups is 1. The summed E-state index contributed by atoms with van der Waals surface area (Å²) in [7, 11) is 3.09. The Morgan fingerprint density at radius 3 is 2.37 bits per heavy atom. The molecule has 1 heterocycles. The smallest absolute Gasteiger partial charge is 0.211 e. The van der Waals surface area contributed by atoms with Crippen LogP contribution in [0.4, 0.5) is 0 Å². The molecule has 0 amide bonds. The maximum absolute atomic E-state index is 12.3. The molecule has 0 spiro atoms. The summed E-state index contributed by atoms with van der Waals surface area (Å²) in [6.45, 7) is 1.93. The van der Waals surface area contributed by atoms with Crippen LogP contribution in [0, 0.1) is 6.92 Å². The van der Waals surface area contributed by atoms with Crippen LogP contribution in [0.1, 0.15) is 21.6 Å². The van der Waals surface area contributed by atoms with Gasteiger partial charge in [-0.1, -0.05) is 6.07 Å². The molecule has 0 bridgehead atoms. The largest absolute Gasteiger partial charge is 0.493 e. The van der Waals surface area contributed by atoms with Crippen LogP contribution in [0.5, 0.6) is 11.5 Å². The first-order valence-electron chi connectivity index (χ1n) is 5.85. The van der Waals surface area contributed by atoms with E-state index in [4.69, 9.17) is 9.47 Å². The van der Waals surface area contributed by atoms with Crippen LogP contribution < -0.4 is 9.47 Å². The zero-order chi connectivity index (χ0) is 13.8. The number of nitrogens with zero attached hydrogens (tertiary/aromatic N) is 1. The highest BCUT2D eigenvalue weighted by molar-refractivity contribution is 6.08. The lowest BCUT2D eigenvalue weighted by Gasteiger charge is -2.08. The van der Waals surface area contributed by atoms with Crippen LogP contribution >= 0.6 is 0 Å². The maximum Gasteiger partial charge on any atom is 0.211 e. The average molecular weight is 257 g/mol. The van der Waals surface area contributed by atoms with E-state index in [1.165, 1.54) is 7.11 Å². The molecule has 0 fully saturated rings. The first-order valence-corrected chi connectivity index (χ1v) is 5.85. The van der Waals surface area contributed by atoms with Gasteiger partial charge in [0.25, 0.3) is 0 Å². The molecular weight excluding hydrogens is 242 g/mol. The standard InChI is InChI=1S/C15H15NO3/c1-10-4-6-12(16-9-10)15(17)11-5-7-13(18-2)14(8-11)19-3/h4-9H,1-3H3. The van der Waals surface area contributed by atoms with E-state index >= 15 is 0 Å². The lowest BCUT2D eigenvalue weighted by Crippen LogP contribution is -2.04. The van der Waals surface area contributed by atoms with Crippen LogP contribution in [0.25, 0.3) is 0 Å². The number of carbonyl (C=O) groups excluding carboxylic acids is 1. The van der Waals surface area contributed by atoms with Crippen LogP contribution in [0.2, 0.25) is 0 Å². The molecule has 1 aromatic carbocycles. The van der Waals surface area contributed by atoms with E-state index in [1.807, 2.05) is 13.0 Å². The summed E-state index contributed by atoms with van der Waals surface area (Å²) in [6, 6.07) is 8.64. The SMILES string of the molecule is COc1ccc(C(=O)c2ccc(C)cn2)cc1OC. The number of hydrogen-bond donors (Lipinski definition) is 0. The summed E-state index contributed by atoms with van der Waals surface area (Å²) in [4.78, 5) is 16.4. The summed E-state index contributed by atoms with van der Waals surface area (Å²) >= 11 is 0. The van der Waals surface area contributed by atoms with E-state index in [0.717, 1.165) is 5.56 Å². The lowest BCUT2D eigenvalue weighted by atomic mass is 10.1. The molecule has 0 saturated carbocycles. The Balaban J connectivity index is 2.36. The normalized spacial score (nSPS) is 10.1. The molecule has 0 aliphatic heterocycles. The van der Waals surface area contributed by atoms with E-state index in [9.17, 15) is 4.79 Å². The highest BCUT2D eigenvalue weighted by Gasteiger charge is 2.13. The molecule has 0 aliphatic rings. The fourth-order valence-corrected chi connectivity index (χ4v) is 1.73. The fourth-order valence-electron chi connectivity index (χ4n) is 1.73. The van der Waals surface area contributed by atoms with Crippen molar-refractivity contribution in [2.75, 3.05) is 14.2 Å². The molecule has 98 valence electrons. The van der Waals surface area contributed by atoms with Crippen LogP contribution in [0.15, 0.2) is 36.5 Å². The van der Waals surface area contributed by atoms with E-state index in [2.05, 4.69) is 4.98 Å². The Labute approximate surface area is 112 Å². The quantitative estimate of drug-likeness (QED) is 0.790. The van der Waals surface area contributed by atoms with Crippen molar-refractivity contribution in [3.8, 4) is 11.5 Å². The van der Waals surface area contributed by atoms with E-state index in [0.29, 0.717) is 22.8 Å². The van der Waals surface area contributed by atoms with Crippen molar-refractivity contribution >= 4 is 5.78 Å². The number of benzene rings is 1. The fraction of sp³-hybridized carbons (Fsp3) is 0.200. The summed E-state index contributed by atoms with van der Waals surface area (Å²) in [5.74, 6) is 0.984. The molecule has 19 heavy (non-hydrogen) atoms. The summed E-state index contributed by atoms with van der Waals surface area (Å²) in [6.07, 6.45) is 1.67. The Morgan fingerprint density at radius 1 is 1.05 bits per heavy atom. The summed E-state index contributed by atoms with van der Waals surface area (Å²) in [5, 5.41) is 0. The number of rotatable bonds is 4. The van der Waals surface area contributed by atoms with Gasteiger partial charge in [0.1, 0.15) is 5.69 Å². The number of aromatic nitrogens is 1. The van der Waals surface area contributed by atoms with Crippen molar-refractivity contribution in [2.45, 2.75) is 6.92 Å². The highest BCUT2D eigenvalue weighted by atomic mass is 16.5. The van der Waals surface area contributed by atoms with Crippen molar-refractivity contribution in [3.05, 3.63) is 53.3 Å². The number of methoxy groups -OCH3 is 2. The van der Waals surface area contributed by atoms with Crippen molar-refractivity contribution in [1.29, 1.82) is 0 Å². The minimum absolute atomic E-state index is 0.138. The van der Waals surface area contributed by atoms with Gasteiger partial charge in [-0.05, 0) is 36.8 Å². The van der Waals surface area contributed by atoms with E-state index in [1.54, 1.807) is 37.6 Å². The Kier molecular flexibility index (Phi) is 3.80. The van der Waals surface area contributed by atoms with Crippen molar-refractivity contribution in [2.24, 2.45) is 0 Å². The molecule has 0 N–H and O–H groups in total. The molecule has 0 saturated heterocycles. The van der Waals surface area contributed by atoms with E-state index < -0.39 is 0 Å². The van der Waals surface area contributed by atoms with Crippen molar-refractivity contribution in [1.82, 2.24) is 4.98 Å². The molecule has 0 radical (unpaired) electrons. The van der Waals surface area contributed by atoms with Crippen LogP contribution in [-0.2, 0) is 0 Å². The van der Waals surface area contributed by atoms with Crippen LogP contribution in [-0.4, -0.2) is 25.0 Å². The molecule has 2 aromatic rings. The maximum atomic E-state index is 12.3. The second kappa shape index (κ2) is 5.52. The second-order valence-electron chi connectivity index (χ2n) is 4.12. The number of ketones is 1. The van der Waals surface area contributed by atoms with Crippen molar-refractivity contribution < 1.29 is 14.3 Å². The van der Waals surface area contributed by atoms with Gasteiger partial charge < -0.3 is 9.47 Å². The van der Waals surface area contributed by atoms with Gasteiger partial charge in [0.05, 0.1) is 14.2 Å². The molecule has 0 atom stereocenters. The van der Waals surface area contributed by atoms with E-state index in [-0.39, 0.29) is 5.78 Å². The molecule has 4 heteroatoms. The minimum Gasteiger partial charge on any atom is -0.493 e. The monoisotopic (exact) mass is 257 g/mol. The van der Waals surface area contributed by atoms with Crippen molar-refractivity contribution in [3.63, 3.8) is 0 Å². The third kappa shape index (κ3) is 2.73. The Bertz CT molecular complexity index is 591. The molecule has 1 aromatic heterocycles. The molecule has 2 rings (SSSR count). The number of ether oxygens (including phenoxy) is 2. The Morgan fingerprint density at radius 2 is 1.79 bits per heavy atom. The van der Waals surface area contributed by atoms with Gasteiger partial charge in [0.2, 0.25) is 5.78 Å². The molecule has 0 unspecified atom stereocenters. The molecular formula is C15H15NO3. The number of hydrogen-bond acceptors (Lipinski definition) is 4. The predicted molar refractivity (Wildman–Crippen MR) is 72.0 cm³/mol. The zero-order valence-electron chi connectivity index (χ0n) is 11.1. The van der Waals surface area contributed by atoms with Gasteiger partial charge in [-0.3, -0.25) is 9.78 Å². The average Bonchev–Trinajstić information content (AvgIpc) is 2.46. The van der Waals surface area contributed by atoms with Gasteiger partial charge >= 0.3 is 0 Å². The first kappa shape index (κ1) is 13.1. The van der Waals surface area contributed by atoms with Gasteiger partial charge in [-0.25, -0.2) is 0 Å². The molecule has 0 aliphatic carbocycles. The lowest BCUT2D eigenvalue weighted by molar-refractivity contribution is 0.103. The number of pyridine rings is 1. The van der Waals surface area contributed by atoms with Gasteiger partial charge in [0.15, 0.2) is 11.5 Å². The van der Waals surface area contributed by atoms with Gasteiger partial charge in [0, 0.05) is 11.8 Å². The highest BCUT2D eigenvalue weighted by Crippen LogP contribution is 2.28. The third-order valence-electron chi connectivity index (χ3n) is 2.79. The Hall–Kier alpha value is -2.36. The summed E-state index contributed by atoms with van der Waals surface area (Å²) < 4.78 is 10.3. The first-order chi connectivity index (χ1) is 9.15. The van der Waals surface area contributed by atoms with Gasteiger partial charge in [-0.15, -0.1) is 0 Å². The van der Waals surface area contributed by atoms with Crippen LogP contribution in [0.3, 0.4) is 0 Å². The molecule has 4 nitrogen and oxygen atoms in total. The summed E-state index contributed by atoms with van der Waals surface area (Å²) in [5.41, 5.74) is 1.95. The minimum atomic E-state index is -0.138. The second-order valence-corrected chi connectivity index (χ2v) is 4.12.